The summed E-state index contributed by atoms with van der Waals surface area (Å²) >= 11 is 3.26. The van der Waals surface area contributed by atoms with Gasteiger partial charge in [-0.3, -0.25) is 13.8 Å². The minimum Gasteiger partial charge on any atom is -0.479 e. The smallest absolute Gasteiger partial charge is 0.408 e. The molecule has 2 aliphatic rings. The van der Waals surface area contributed by atoms with Gasteiger partial charge in [-0.1, -0.05) is 40.9 Å². The molecular formula is C31H42BrN3O9S. The van der Waals surface area contributed by atoms with Gasteiger partial charge in [-0.25, -0.2) is 9.59 Å². The topological polar surface area (TPSA) is 168 Å². The average molecular weight is 713 g/mol. The first-order valence-electron chi connectivity index (χ1n) is 14.8. The minimum atomic E-state index is -4.29. The third-order valence-electron chi connectivity index (χ3n) is 7.63. The highest BCUT2D eigenvalue weighted by Crippen LogP contribution is 2.45. The fraction of sp³-hybridized carbons (Fsp3) is 0.548. The first-order chi connectivity index (χ1) is 21.0. The van der Waals surface area contributed by atoms with Crippen LogP contribution in [-0.2, 0) is 33.4 Å². The molecule has 1 aromatic carbocycles. The number of carboxylic acids is 1. The first kappa shape index (κ1) is 36.2. The molecule has 0 radical (unpaired) electrons. The summed E-state index contributed by atoms with van der Waals surface area (Å²) in [4.78, 5) is 53.5. The fourth-order valence-electron chi connectivity index (χ4n) is 5.24. The minimum absolute atomic E-state index is 0.114. The van der Waals surface area contributed by atoms with Gasteiger partial charge in [0.1, 0.15) is 23.2 Å². The Hall–Kier alpha value is -3.23. The van der Waals surface area contributed by atoms with Crippen molar-refractivity contribution in [3.63, 3.8) is 0 Å². The van der Waals surface area contributed by atoms with Crippen molar-refractivity contribution in [2.45, 2.75) is 99.9 Å². The van der Waals surface area contributed by atoms with Crippen molar-refractivity contribution >= 4 is 49.9 Å². The number of carbonyl (C=O) groups is 4. The van der Waals surface area contributed by atoms with Crippen LogP contribution in [0.4, 0.5) is 4.79 Å². The zero-order valence-electron chi connectivity index (χ0n) is 25.8. The van der Waals surface area contributed by atoms with Gasteiger partial charge >= 0.3 is 12.1 Å². The Kier molecular flexibility index (Phi) is 12.0. The van der Waals surface area contributed by atoms with Crippen LogP contribution in [0.15, 0.2) is 58.9 Å². The molecule has 0 spiro atoms. The van der Waals surface area contributed by atoms with Crippen molar-refractivity contribution in [3.05, 3.63) is 54.0 Å². The second kappa shape index (κ2) is 14.9. The Morgan fingerprint density at radius 2 is 1.82 bits per heavy atom. The van der Waals surface area contributed by atoms with Crippen molar-refractivity contribution in [3.8, 4) is 0 Å². The first-order valence-corrected chi connectivity index (χ1v) is 17.0. The summed E-state index contributed by atoms with van der Waals surface area (Å²) in [5, 5.41) is 15.0. The number of amides is 3. The number of alkyl carbamates (subject to hydrolysis) is 1. The van der Waals surface area contributed by atoms with E-state index in [-0.39, 0.29) is 30.7 Å². The zero-order chi connectivity index (χ0) is 33.6. The second-order valence-corrected chi connectivity index (χ2v) is 14.8. The number of halogens is 1. The molecule has 3 N–H and O–H groups in total. The predicted molar refractivity (Wildman–Crippen MR) is 170 cm³/mol. The predicted octanol–water partition coefficient (Wildman–Crippen LogP) is 4.30. The summed E-state index contributed by atoms with van der Waals surface area (Å²) in [6.45, 7) is 12.1. The van der Waals surface area contributed by atoms with E-state index in [4.69, 9.17) is 8.92 Å². The quantitative estimate of drug-likeness (QED) is 0.136. The van der Waals surface area contributed by atoms with Crippen molar-refractivity contribution in [2.24, 2.45) is 5.92 Å². The summed E-state index contributed by atoms with van der Waals surface area (Å²) in [6.07, 6.45) is 4.34. The van der Waals surface area contributed by atoms with Crippen LogP contribution in [0.25, 0.3) is 0 Å². The van der Waals surface area contributed by atoms with E-state index in [1.807, 2.05) is 0 Å². The third-order valence-corrected chi connectivity index (χ3v) is 9.53. The van der Waals surface area contributed by atoms with Crippen LogP contribution in [0.2, 0.25) is 0 Å². The maximum absolute atomic E-state index is 14.1. The van der Waals surface area contributed by atoms with E-state index >= 15 is 0 Å². The number of nitrogens with zero attached hydrogens (tertiary/aromatic N) is 1. The van der Waals surface area contributed by atoms with E-state index in [2.05, 4.69) is 39.7 Å². The van der Waals surface area contributed by atoms with Crippen molar-refractivity contribution in [1.29, 1.82) is 0 Å². The van der Waals surface area contributed by atoms with E-state index in [1.54, 1.807) is 26.8 Å². The molecule has 3 rings (SSSR count). The Morgan fingerprint density at radius 3 is 2.38 bits per heavy atom. The van der Waals surface area contributed by atoms with Crippen LogP contribution < -0.4 is 10.6 Å². The van der Waals surface area contributed by atoms with E-state index in [1.165, 1.54) is 30.3 Å². The van der Waals surface area contributed by atoms with Gasteiger partial charge < -0.3 is 25.4 Å². The molecule has 12 nitrogen and oxygen atoms in total. The SMILES string of the molecule is C=CCCCCC[C@H](NC(=O)OC(C)(C)C)C(=O)N1C[C@@H](OS(=O)(=O)c2ccc(Br)cc2)C[C@H]1C(=O)N[C@]1(C(=O)O)C[C@H]1C=C. The molecule has 3 amide bonds. The number of aliphatic carboxylic acids is 1. The number of nitrogens with one attached hydrogen (secondary N) is 2. The van der Waals surface area contributed by atoms with Crippen LogP contribution in [0.3, 0.4) is 0 Å². The summed E-state index contributed by atoms with van der Waals surface area (Å²) < 4.78 is 37.7. The van der Waals surface area contributed by atoms with Gasteiger partial charge in [-0.15, -0.1) is 13.2 Å². The number of carbonyl (C=O) groups excluding carboxylic acids is 3. The number of hydrogen-bond acceptors (Lipinski definition) is 8. The van der Waals surface area contributed by atoms with E-state index in [0.29, 0.717) is 10.9 Å². The Labute approximate surface area is 272 Å². The number of rotatable bonds is 15. The van der Waals surface area contributed by atoms with Crippen LogP contribution in [0.1, 0.15) is 65.7 Å². The van der Waals surface area contributed by atoms with Crippen LogP contribution in [0, 0.1) is 5.92 Å². The number of ether oxygens (including phenoxy) is 1. The lowest BCUT2D eigenvalue weighted by molar-refractivity contribution is -0.145. The maximum Gasteiger partial charge on any atom is 0.408 e. The number of carboxylic acid groups (broad SMARTS) is 1. The maximum atomic E-state index is 14.1. The summed E-state index contributed by atoms with van der Waals surface area (Å²) in [7, 11) is -4.29. The Balaban J connectivity index is 1.89. The van der Waals surface area contributed by atoms with E-state index in [9.17, 15) is 32.7 Å². The van der Waals surface area contributed by atoms with Gasteiger partial charge in [0.15, 0.2) is 0 Å². The van der Waals surface area contributed by atoms with Crippen LogP contribution in [-0.4, -0.2) is 78.2 Å². The van der Waals surface area contributed by atoms with Crippen molar-refractivity contribution < 1.29 is 41.6 Å². The van der Waals surface area contributed by atoms with Gasteiger partial charge in [-0.05, 0) is 70.7 Å². The highest BCUT2D eigenvalue weighted by Gasteiger charge is 2.61. The summed E-state index contributed by atoms with van der Waals surface area (Å²) in [5.74, 6) is -3.17. The molecule has 1 aliphatic heterocycles. The molecule has 0 bridgehead atoms. The standard InChI is InChI=1S/C31H42BrN3O9S/c1-6-8-9-10-11-12-24(33-29(40)43-30(3,4)5)27(37)35-19-22(44-45(41,42)23-15-13-21(32)14-16-23)17-25(35)26(36)34-31(28(38)39)18-20(31)7-2/h6-7,13-16,20,22,24-25H,1-2,8-12,17-19H2,3-5H3,(H,33,40)(H,34,36)(H,38,39)/t20-,22+,24+,25+,31-/m1/s1. The number of likely N-dealkylation sites (tertiary alicyclic amines) is 1. The molecule has 1 aromatic rings. The molecule has 1 saturated heterocycles. The Morgan fingerprint density at radius 1 is 1.16 bits per heavy atom. The normalized spacial score (nSPS) is 23.5. The molecule has 45 heavy (non-hydrogen) atoms. The van der Waals surface area contributed by atoms with Gasteiger partial charge in [-0.2, -0.15) is 8.42 Å². The summed E-state index contributed by atoms with van der Waals surface area (Å²) in [6, 6.07) is 3.41. The third kappa shape index (κ3) is 9.63. The number of hydrogen-bond donors (Lipinski definition) is 3. The molecule has 1 heterocycles. The molecule has 1 saturated carbocycles. The molecule has 2 fully saturated rings. The number of unbranched alkanes of at least 4 members (excludes halogenated alkanes) is 3. The number of benzene rings is 1. The molecule has 248 valence electrons. The monoisotopic (exact) mass is 711 g/mol. The molecule has 0 unspecified atom stereocenters. The summed E-state index contributed by atoms with van der Waals surface area (Å²) in [5.41, 5.74) is -2.41. The molecule has 1 aliphatic carbocycles. The second-order valence-electron chi connectivity index (χ2n) is 12.3. The average Bonchev–Trinajstić information content (AvgIpc) is 3.51. The molecule has 14 heteroatoms. The molecular weight excluding hydrogens is 670 g/mol. The zero-order valence-corrected chi connectivity index (χ0v) is 28.2. The van der Waals surface area contributed by atoms with Crippen molar-refractivity contribution in [1.82, 2.24) is 15.5 Å². The van der Waals surface area contributed by atoms with Crippen LogP contribution in [0.5, 0.6) is 0 Å². The van der Waals surface area contributed by atoms with Crippen LogP contribution >= 0.6 is 15.9 Å². The lowest BCUT2D eigenvalue weighted by Gasteiger charge is -2.30. The van der Waals surface area contributed by atoms with E-state index < -0.39 is 69.2 Å². The van der Waals surface area contributed by atoms with Gasteiger partial charge in [0.25, 0.3) is 10.1 Å². The lowest BCUT2D eigenvalue weighted by Crippen LogP contribution is -2.56. The molecule has 5 atom stereocenters. The van der Waals surface area contributed by atoms with Gasteiger partial charge in [0, 0.05) is 23.4 Å². The van der Waals surface area contributed by atoms with Gasteiger partial charge in [0.05, 0.1) is 11.0 Å². The number of allylic oxidation sites excluding steroid dienone is 1. The molecule has 0 aromatic heterocycles. The highest BCUT2D eigenvalue weighted by molar-refractivity contribution is 9.10. The Bertz CT molecular complexity index is 1390. The fourth-order valence-corrected chi connectivity index (χ4v) is 6.58. The lowest BCUT2D eigenvalue weighted by atomic mass is 10.0. The van der Waals surface area contributed by atoms with E-state index in [0.717, 1.165) is 24.2 Å². The van der Waals surface area contributed by atoms with Crippen molar-refractivity contribution in [2.75, 3.05) is 6.54 Å². The van der Waals surface area contributed by atoms with Gasteiger partial charge in [0.2, 0.25) is 11.8 Å². The highest BCUT2D eigenvalue weighted by atomic mass is 79.9. The largest absolute Gasteiger partial charge is 0.479 e.